The average molecular weight is 307 g/mol. The van der Waals surface area contributed by atoms with Crippen LogP contribution in [0.1, 0.15) is 46.5 Å². The molecule has 21 heavy (non-hydrogen) atoms. The van der Waals surface area contributed by atoms with E-state index in [1.807, 2.05) is 19.1 Å². The molecule has 1 aromatic carbocycles. The molecule has 1 aromatic heterocycles. The molecule has 3 nitrogen and oxygen atoms in total. The Bertz CT molecular complexity index is 673. The van der Waals surface area contributed by atoms with E-state index in [9.17, 15) is 0 Å². The lowest BCUT2D eigenvalue weighted by atomic mass is 10.0. The fourth-order valence-electron chi connectivity index (χ4n) is 3.60. The van der Waals surface area contributed by atoms with Crippen LogP contribution in [0.25, 0.3) is 11.0 Å². The van der Waals surface area contributed by atoms with Gasteiger partial charge in [-0.2, -0.15) is 0 Å². The minimum Gasteiger partial charge on any atom is -0.492 e. The van der Waals surface area contributed by atoms with Crippen LogP contribution in [0.4, 0.5) is 0 Å². The van der Waals surface area contributed by atoms with Gasteiger partial charge in [-0.3, -0.25) is 0 Å². The van der Waals surface area contributed by atoms with Crippen molar-refractivity contribution >= 4 is 22.6 Å². The Hall–Kier alpha value is -1.22. The predicted octanol–water partition coefficient (Wildman–Crippen LogP) is 4.78. The molecular formula is C17H23ClN2O. The second kappa shape index (κ2) is 4.64. The lowest BCUT2D eigenvalue weighted by Gasteiger charge is -2.10. The molecule has 0 unspecified atom stereocenters. The molecule has 1 fully saturated rings. The van der Waals surface area contributed by atoms with Crippen molar-refractivity contribution in [1.82, 2.24) is 9.55 Å². The summed E-state index contributed by atoms with van der Waals surface area (Å²) in [6.45, 7) is 11.9. The van der Waals surface area contributed by atoms with Crippen LogP contribution in [0.15, 0.2) is 18.2 Å². The number of benzene rings is 1. The van der Waals surface area contributed by atoms with E-state index in [-0.39, 0.29) is 10.8 Å². The van der Waals surface area contributed by atoms with Gasteiger partial charge in [-0.1, -0.05) is 33.8 Å². The third-order valence-corrected chi connectivity index (χ3v) is 5.62. The van der Waals surface area contributed by atoms with Gasteiger partial charge in [0, 0.05) is 6.04 Å². The summed E-state index contributed by atoms with van der Waals surface area (Å²) < 4.78 is 8.04. The number of imidazole rings is 1. The van der Waals surface area contributed by atoms with E-state index >= 15 is 0 Å². The van der Waals surface area contributed by atoms with Crippen molar-refractivity contribution in [2.75, 3.05) is 6.61 Å². The highest BCUT2D eigenvalue weighted by Crippen LogP contribution is 2.72. The van der Waals surface area contributed by atoms with Gasteiger partial charge < -0.3 is 9.30 Å². The first kappa shape index (κ1) is 14.7. The quantitative estimate of drug-likeness (QED) is 0.760. The molecule has 1 aliphatic carbocycles. The topological polar surface area (TPSA) is 27.1 Å². The Morgan fingerprint density at radius 1 is 1.24 bits per heavy atom. The Morgan fingerprint density at radius 3 is 2.43 bits per heavy atom. The molecule has 1 saturated carbocycles. The number of ether oxygens (including phenoxy) is 1. The van der Waals surface area contributed by atoms with Crippen molar-refractivity contribution < 1.29 is 4.74 Å². The number of para-hydroxylation sites is 1. The summed E-state index contributed by atoms with van der Waals surface area (Å²) >= 11 is 6.17. The van der Waals surface area contributed by atoms with E-state index in [0.29, 0.717) is 18.5 Å². The molecule has 0 atom stereocenters. The maximum atomic E-state index is 6.17. The van der Waals surface area contributed by atoms with Crippen molar-refractivity contribution in [2.45, 2.75) is 46.5 Å². The number of alkyl halides is 1. The van der Waals surface area contributed by atoms with Crippen molar-refractivity contribution in [2.24, 2.45) is 10.8 Å². The molecule has 1 heterocycles. The lowest BCUT2D eigenvalue weighted by Crippen LogP contribution is -2.05. The fourth-order valence-corrected chi connectivity index (χ4v) is 3.79. The highest BCUT2D eigenvalue weighted by Gasteiger charge is 2.66. The molecule has 0 aliphatic heterocycles. The molecule has 114 valence electrons. The third kappa shape index (κ3) is 1.90. The summed E-state index contributed by atoms with van der Waals surface area (Å²) in [6, 6.07) is 6.54. The van der Waals surface area contributed by atoms with Crippen LogP contribution >= 0.6 is 11.6 Å². The molecule has 4 heteroatoms. The Balaban J connectivity index is 2.21. The molecule has 0 saturated heterocycles. The molecular weight excluding hydrogens is 284 g/mol. The largest absolute Gasteiger partial charge is 0.492 e. The highest BCUT2D eigenvalue weighted by molar-refractivity contribution is 6.17. The van der Waals surface area contributed by atoms with Crippen LogP contribution in [0, 0.1) is 10.8 Å². The zero-order chi connectivity index (χ0) is 15.4. The van der Waals surface area contributed by atoms with Crippen LogP contribution in [0.3, 0.4) is 0 Å². The zero-order valence-electron chi connectivity index (χ0n) is 13.4. The van der Waals surface area contributed by atoms with E-state index in [1.54, 1.807) is 0 Å². The van der Waals surface area contributed by atoms with Crippen molar-refractivity contribution in [1.29, 1.82) is 0 Å². The summed E-state index contributed by atoms with van der Waals surface area (Å²) in [4.78, 5) is 4.75. The number of fused-ring (bicyclic) bond motifs is 1. The van der Waals surface area contributed by atoms with Crippen molar-refractivity contribution in [3.8, 4) is 5.75 Å². The minimum absolute atomic E-state index is 0.239. The van der Waals surface area contributed by atoms with Crippen LogP contribution in [0.5, 0.6) is 5.75 Å². The van der Waals surface area contributed by atoms with E-state index in [1.165, 1.54) is 0 Å². The smallest absolute Gasteiger partial charge is 0.147 e. The number of aromatic nitrogens is 2. The first-order valence-electron chi connectivity index (χ1n) is 7.54. The molecule has 0 spiro atoms. The van der Waals surface area contributed by atoms with Crippen LogP contribution in [-0.2, 0) is 5.88 Å². The van der Waals surface area contributed by atoms with Crippen LogP contribution < -0.4 is 4.74 Å². The van der Waals surface area contributed by atoms with E-state index in [4.69, 9.17) is 21.3 Å². The van der Waals surface area contributed by atoms with E-state index in [0.717, 1.165) is 22.6 Å². The zero-order valence-corrected chi connectivity index (χ0v) is 14.2. The lowest BCUT2D eigenvalue weighted by molar-refractivity contribution is 0.343. The van der Waals surface area contributed by atoms with Gasteiger partial charge in [0.1, 0.15) is 17.1 Å². The van der Waals surface area contributed by atoms with Crippen molar-refractivity contribution in [3.63, 3.8) is 0 Å². The molecule has 1 aliphatic rings. The van der Waals surface area contributed by atoms with Gasteiger partial charge in [-0.05, 0) is 29.9 Å². The van der Waals surface area contributed by atoms with Crippen LogP contribution in [0.2, 0.25) is 0 Å². The number of hydrogen-bond acceptors (Lipinski definition) is 2. The molecule has 0 radical (unpaired) electrons. The number of hydrogen-bond donors (Lipinski definition) is 0. The molecule has 0 amide bonds. The van der Waals surface area contributed by atoms with E-state index < -0.39 is 0 Å². The summed E-state index contributed by atoms with van der Waals surface area (Å²) in [5.41, 5.74) is 2.53. The van der Waals surface area contributed by atoms with Gasteiger partial charge in [-0.25, -0.2) is 4.98 Å². The summed E-state index contributed by atoms with van der Waals surface area (Å²) in [5, 5.41) is 0. The monoisotopic (exact) mass is 306 g/mol. The normalized spacial score (nSPS) is 19.9. The Kier molecular flexibility index (Phi) is 3.25. The van der Waals surface area contributed by atoms with Gasteiger partial charge in [-0.15, -0.1) is 11.6 Å². The first-order valence-corrected chi connectivity index (χ1v) is 8.08. The maximum Gasteiger partial charge on any atom is 0.147 e. The van der Waals surface area contributed by atoms with Crippen LogP contribution in [-0.4, -0.2) is 16.2 Å². The highest BCUT2D eigenvalue weighted by atomic mass is 35.5. The van der Waals surface area contributed by atoms with Gasteiger partial charge in [0.25, 0.3) is 0 Å². The standard InChI is InChI=1S/C17H23ClN2O/c1-6-21-12-9-7-8-11-14(12)19-13(10-18)20(11)15-16(2,3)17(15,4)5/h7-9,15H,6,10H2,1-5H3. The van der Waals surface area contributed by atoms with Gasteiger partial charge in [0.15, 0.2) is 0 Å². The summed E-state index contributed by atoms with van der Waals surface area (Å²) in [6.07, 6.45) is 0. The Morgan fingerprint density at radius 2 is 1.90 bits per heavy atom. The van der Waals surface area contributed by atoms with Gasteiger partial charge in [0.2, 0.25) is 0 Å². The number of rotatable bonds is 4. The number of halogens is 1. The van der Waals surface area contributed by atoms with Gasteiger partial charge in [0.05, 0.1) is 18.0 Å². The van der Waals surface area contributed by atoms with Gasteiger partial charge >= 0.3 is 0 Å². The average Bonchev–Trinajstić information content (AvgIpc) is 2.74. The second-order valence-electron chi connectivity index (χ2n) is 6.93. The third-order valence-electron chi connectivity index (χ3n) is 5.38. The second-order valence-corrected chi connectivity index (χ2v) is 7.20. The molecule has 0 N–H and O–H groups in total. The molecule has 0 bridgehead atoms. The maximum absolute atomic E-state index is 6.17. The molecule has 3 rings (SSSR count). The molecule has 2 aromatic rings. The predicted molar refractivity (Wildman–Crippen MR) is 87.1 cm³/mol. The first-order chi connectivity index (χ1) is 9.86. The fraction of sp³-hybridized carbons (Fsp3) is 0.588. The Labute approximate surface area is 131 Å². The minimum atomic E-state index is 0.239. The SMILES string of the molecule is CCOc1cccc2c1nc(CCl)n2C1C(C)(C)C1(C)C. The van der Waals surface area contributed by atoms with E-state index in [2.05, 4.69) is 38.3 Å². The summed E-state index contributed by atoms with van der Waals surface area (Å²) in [7, 11) is 0. The summed E-state index contributed by atoms with van der Waals surface area (Å²) in [5.74, 6) is 2.20. The number of nitrogens with zero attached hydrogens (tertiary/aromatic N) is 2. The van der Waals surface area contributed by atoms with Crippen molar-refractivity contribution in [3.05, 3.63) is 24.0 Å².